The molecule has 4 nitrogen and oxygen atoms in total. The summed E-state index contributed by atoms with van der Waals surface area (Å²) in [6, 6.07) is 9.38. The number of nitriles is 1. The van der Waals surface area contributed by atoms with Crippen LogP contribution >= 0.6 is 0 Å². The van der Waals surface area contributed by atoms with Crippen molar-refractivity contribution in [3.8, 4) is 6.07 Å². The second-order valence-corrected chi connectivity index (χ2v) is 6.09. The van der Waals surface area contributed by atoms with E-state index in [2.05, 4.69) is 11.0 Å². The Bertz CT molecular complexity index is 540. The Hall–Kier alpha value is -1.86. The van der Waals surface area contributed by atoms with Crippen LogP contribution in [-0.2, 0) is 4.79 Å². The monoisotopic (exact) mass is 283 g/mol. The van der Waals surface area contributed by atoms with Crippen molar-refractivity contribution in [2.75, 3.05) is 31.1 Å². The largest absolute Gasteiger partial charge is 0.310 e. The fraction of sp³-hybridized carbons (Fsp3) is 0.529. The van der Waals surface area contributed by atoms with Crippen molar-refractivity contribution in [2.45, 2.75) is 25.7 Å². The highest BCUT2D eigenvalue weighted by molar-refractivity contribution is 5.95. The molecular weight excluding hydrogens is 262 g/mol. The molecule has 0 aromatic heterocycles. The lowest BCUT2D eigenvalue weighted by Gasteiger charge is -2.35. The number of piperazine rings is 1. The highest BCUT2D eigenvalue weighted by Gasteiger charge is 2.27. The highest BCUT2D eigenvalue weighted by Crippen LogP contribution is 2.26. The first-order chi connectivity index (χ1) is 10.3. The van der Waals surface area contributed by atoms with E-state index in [-0.39, 0.29) is 5.91 Å². The molecule has 1 aromatic rings. The zero-order valence-electron chi connectivity index (χ0n) is 12.3. The van der Waals surface area contributed by atoms with E-state index >= 15 is 0 Å². The van der Waals surface area contributed by atoms with Gasteiger partial charge in [0.15, 0.2) is 0 Å². The molecule has 1 aliphatic heterocycles. The average molecular weight is 283 g/mol. The summed E-state index contributed by atoms with van der Waals surface area (Å²) in [7, 11) is 0. The normalized spacial score (nSPS) is 20.7. The van der Waals surface area contributed by atoms with Crippen molar-refractivity contribution in [3.05, 3.63) is 29.8 Å². The molecule has 1 saturated carbocycles. The predicted octanol–water partition coefficient (Wildman–Crippen LogP) is 2.40. The number of hydrogen-bond donors (Lipinski definition) is 0. The standard InChI is InChI=1S/C17H21N3O/c18-11-14-5-7-16(8-6-14)20-10-9-19(13-17(20)21)12-15-3-1-2-4-15/h5-8,15H,1-4,9-10,12-13H2. The van der Waals surface area contributed by atoms with Gasteiger partial charge in [-0.05, 0) is 43.0 Å². The quantitative estimate of drug-likeness (QED) is 0.856. The molecule has 1 saturated heterocycles. The van der Waals surface area contributed by atoms with Crippen LogP contribution in [0.5, 0.6) is 0 Å². The number of carbonyl (C=O) groups excluding carboxylic acids is 1. The van der Waals surface area contributed by atoms with Crippen LogP contribution in [0, 0.1) is 17.2 Å². The van der Waals surface area contributed by atoms with Crippen LogP contribution in [0.4, 0.5) is 5.69 Å². The van der Waals surface area contributed by atoms with E-state index < -0.39 is 0 Å². The summed E-state index contributed by atoms with van der Waals surface area (Å²) in [6.45, 7) is 3.29. The molecule has 0 unspecified atom stereocenters. The number of benzene rings is 1. The van der Waals surface area contributed by atoms with Crippen molar-refractivity contribution < 1.29 is 4.79 Å². The smallest absolute Gasteiger partial charge is 0.241 e. The van der Waals surface area contributed by atoms with E-state index in [0.29, 0.717) is 12.1 Å². The lowest BCUT2D eigenvalue weighted by atomic mass is 10.1. The van der Waals surface area contributed by atoms with Crippen molar-refractivity contribution in [1.29, 1.82) is 5.26 Å². The van der Waals surface area contributed by atoms with Crippen molar-refractivity contribution in [3.63, 3.8) is 0 Å². The first-order valence-corrected chi connectivity index (χ1v) is 7.79. The van der Waals surface area contributed by atoms with E-state index in [9.17, 15) is 4.79 Å². The predicted molar refractivity (Wildman–Crippen MR) is 81.9 cm³/mol. The van der Waals surface area contributed by atoms with Gasteiger partial charge in [0.25, 0.3) is 0 Å². The third-order valence-corrected chi connectivity index (χ3v) is 4.60. The van der Waals surface area contributed by atoms with Gasteiger partial charge in [-0.15, -0.1) is 0 Å². The minimum Gasteiger partial charge on any atom is -0.310 e. The highest BCUT2D eigenvalue weighted by atomic mass is 16.2. The van der Waals surface area contributed by atoms with Crippen molar-refractivity contribution in [2.24, 2.45) is 5.92 Å². The number of carbonyl (C=O) groups is 1. The molecule has 0 bridgehead atoms. The van der Waals surface area contributed by atoms with Gasteiger partial charge in [0.05, 0.1) is 18.2 Å². The van der Waals surface area contributed by atoms with Gasteiger partial charge in [0.1, 0.15) is 0 Å². The van der Waals surface area contributed by atoms with Crippen LogP contribution in [-0.4, -0.2) is 37.0 Å². The molecule has 2 fully saturated rings. The molecule has 1 amide bonds. The fourth-order valence-electron chi connectivity index (χ4n) is 3.42. The molecular formula is C17H21N3O. The molecule has 2 aliphatic rings. The molecule has 110 valence electrons. The lowest BCUT2D eigenvalue weighted by molar-refractivity contribution is -0.121. The summed E-state index contributed by atoms with van der Waals surface area (Å²) >= 11 is 0. The summed E-state index contributed by atoms with van der Waals surface area (Å²) in [6.07, 6.45) is 5.35. The minimum absolute atomic E-state index is 0.170. The van der Waals surface area contributed by atoms with E-state index in [1.807, 2.05) is 17.0 Å². The topological polar surface area (TPSA) is 47.3 Å². The Labute approximate surface area is 126 Å². The van der Waals surface area contributed by atoms with E-state index in [4.69, 9.17) is 5.26 Å². The Kier molecular flexibility index (Phi) is 4.21. The van der Waals surface area contributed by atoms with Gasteiger partial charge in [-0.3, -0.25) is 9.69 Å². The van der Waals surface area contributed by atoms with Crippen LogP contribution in [0.1, 0.15) is 31.2 Å². The van der Waals surface area contributed by atoms with E-state index in [1.54, 1.807) is 12.1 Å². The van der Waals surface area contributed by atoms with Gasteiger partial charge in [0, 0.05) is 25.3 Å². The Morgan fingerprint density at radius 1 is 1.14 bits per heavy atom. The Morgan fingerprint density at radius 3 is 2.48 bits per heavy atom. The molecule has 0 radical (unpaired) electrons. The first-order valence-electron chi connectivity index (χ1n) is 7.79. The van der Waals surface area contributed by atoms with E-state index in [0.717, 1.165) is 31.2 Å². The fourth-order valence-corrected chi connectivity index (χ4v) is 3.42. The second kappa shape index (κ2) is 6.28. The van der Waals surface area contributed by atoms with Gasteiger partial charge in [-0.1, -0.05) is 12.8 Å². The molecule has 1 aromatic carbocycles. The lowest BCUT2D eigenvalue weighted by Crippen LogP contribution is -2.51. The zero-order chi connectivity index (χ0) is 14.7. The third-order valence-electron chi connectivity index (χ3n) is 4.60. The van der Waals surface area contributed by atoms with Crippen molar-refractivity contribution >= 4 is 11.6 Å². The maximum Gasteiger partial charge on any atom is 0.241 e. The van der Waals surface area contributed by atoms with Gasteiger partial charge < -0.3 is 4.90 Å². The number of nitrogens with zero attached hydrogens (tertiary/aromatic N) is 3. The van der Waals surface area contributed by atoms with Crippen LogP contribution in [0.3, 0.4) is 0 Å². The Morgan fingerprint density at radius 2 is 1.86 bits per heavy atom. The maximum atomic E-state index is 12.4. The number of amides is 1. The summed E-state index contributed by atoms with van der Waals surface area (Å²) in [5, 5.41) is 8.82. The third kappa shape index (κ3) is 3.25. The minimum atomic E-state index is 0.170. The van der Waals surface area contributed by atoms with E-state index in [1.165, 1.54) is 25.7 Å². The molecule has 0 N–H and O–H groups in total. The molecule has 1 heterocycles. The van der Waals surface area contributed by atoms with Crippen LogP contribution < -0.4 is 4.90 Å². The van der Waals surface area contributed by atoms with Gasteiger partial charge in [0.2, 0.25) is 5.91 Å². The SMILES string of the molecule is N#Cc1ccc(N2CCN(CC3CCCC3)CC2=O)cc1. The van der Waals surface area contributed by atoms with Crippen molar-refractivity contribution in [1.82, 2.24) is 4.90 Å². The van der Waals surface area contributed by atoms with Crippen LogP contribution in [0.25, 0.3) is 0 Å². The Balaban J connectivity index is 1.59. The molecule has 4 heteroatoms. The zero-order valence-corrected chi connectivity index (χ0v) is 12.3. The van der Waals surface area contributed by atoms with Gasteiger partial charge in [-0.25, -0.2) is 0 Å². The molecule has 0 spiro atoms. The summed E-state index contributed by atoms with van der Waals surface area (Å²) in [5.74, 6) is 0.961. The summed E-state index contributed by atoms with van der Waals surface area (Å²) in [4.78, 5) is 16.5. The van der Waals surface area contributed by atoms with Crippen LogP contribution in [0.2, 0.25) is 0 Å². The number of rotatable bonds is 3. The van der Waals surface area contributed by atoms with Crippen LogP contribution in [0.15, 0.2) is 24.3 Å². The molecule has 1 aliphatic carbocycles. The van der Waals surface area contributed by atoms with Gasteiger partial charge >= 0.3 is 0 Å². The summed E-state index contributed by atoms with van der Waals surface area (Å²) < 4.78 is 0. The number of anilines is 1. The summed E-state index contributed by atoms with van der Waals surface area (Å²) in [5.41, 5.74) is 1.53. The van der Waals surface area contributed by atoms with Gasteiger partial charge in [-0.2, -0.15) is 5.26 Å². The molecule has 3 rings (SSSR count). The maximum absolute atomic E-state index is 12.4. The molecule has 0 atom stereocenters. The first kappa shape index (κ1) is 14.1. The number of hydrogen-bond acceptors (Lipinski definition) is 3. The second-order valence-electron chi connectivity index (χ2n) is 6.09. The molecule has 21 heavy (non-hydrogen) atoms. The average Bonchev–Trinajstić information content (AvgIpc) is 3.01.